The van der Waals surface area contributed by atoms with E-state index < -0.39 is 11.4 Å². The van der Waals surface area contributed by atoms with E-state index in [0.717, 1.165) is 38.6 Å². The standard InChI is InChI=1S/C21H26BN5O5S/c1-13(28)24-18-9-14(3-4-23-18)17-12-27(21(22,30)31)20(29)16-10-15(32-19(16)17)11-25-5-7-26(33-2)8-6-25/h3-4,9-10,12,30-31H,5-8,11,22H2,1-2H3,(H,23,24,28). The van der Waals surface area contributed by atoms with Crippen LogP contribution in [0, 0.1) is 0 Å². The van der Waals surface area contributed by atoms with Gasteiger partial charge in [0.15, 0.2) is 0 Å². The van der Waals surface area contributed by atoms with Gasteiger partial charge in [-0.05, 0) is 30.0 Å². The van der Waals surface area contributed by atoms with E-state index in [4.69, 9.17) is 4.42 Å². The van der Waals surface area contributed by atoms with Crippen molar-refractivity contribution in [1.82, 2.24) is 18.8 Å². The quantitative estimate of drug-likeness (QED) is 0.263. The Balaban J connectivity index is 1.78. The maximum atomic E-state index is 13.0. The Labute approximate surface area is 195 Å². The summed E-state index contributed by atoms with van der Waals surface area (Å²) in [5, 5.41) is 23.3. The van der Waals surface area contributed by atoms with E-state index in [-0.39, 0.29) is 11.3 Å². The van der Waals surface area contributed by atoms with Gasteiger partial charge in [-0.1, -0.05) is 11.9 Å². The molecule has 3 aromatic rings. The van der Waals surface area contributed by atoms with E-state index in [0.29, 0.717) is 34.8 Å². The third-order valence-electron chi connectivity index (χ3n) is 5.54. The highest BCUT2D eigenvalue weighted by Gasteiger charge is 2.25. The lowest BCUT2D eigenvalue weighted by molar-refractivity contribution is -0.153. The van der Waals surface area contributed by atoms with Gasteiger partial charge >= 0.3 is 0 Å². The number of amides is 1. The van der Waals surface area contributed by atoms with Crippen LogP contribution in [0.25, 0.3) is 22.1 Å². The molecule has 0 aliphatic carbocycles. The number of fused-ring (bicyclic) bond motifs is 1. The number of hydrogen-bond acceptors (Lipinski definition) is 9. The first kappa shape index (κ1) is 23.5. The van der Waals surface area contributed by atoms with Gasteiger partial charge < -0.3 is 19.9 Å². The Morgan fingerprint density at radius 3 is 2.67 bits per heavy atom. The van der Waals surface area contributed by atoms with Crippen LogP contribution in [-0.4, -0.2) is 75.2 Å². The van der Waals surface area contributed by atoms with Gasteiger partial charge in [0.1, 0.15) is 17.2 Å². The van der Waals surface area contributed by atoms with Crippen LogP contribution in [-0.2, 0) is 17.1 Å². The summed E-state index contributed by atoms with van der Waals surface area (Å²) in [5.74, 6) is -1.72. The molecule has 1 aliphatic rings. The van der Waals surface area contributed by atoms with Crippen molar-refractivity contribution in [2.24, 2.45) is 0 Å². The molecule has 0 atom stereocenters. The largest absolute Gasteiger partial charge is 0.459 e. The first-order chi connectivity index (χ1) is 15.7. The highest BCUT2D eigenvalue weighted by molar-refractivity contribution is 7.96. The molecule has 10 nitrogen and oxygen atoms in total. The van der Waals surface area contributed by atoms with Crippen LogP contribution in [0.3, 0.4) is 0 Å². The van der Waals surface area contributed by atoms with Gasteiger partial charge in [0, 0.05) is 51.1 Å². The van der Waals surface area contributed by atoms with Gasteiger partial charge in [0.05, 0.1) is 11.9 Å². The number of carbonyl (C=O) groups excluding carboxylic acids is 1. The van der Waals surface area contributed by atoms with Crippen LogP contribution in [0.2, 0.25) is 0 Å². The second kappa shape index (κ2) is 9.31. The van der Waals surface area contributed by atoms with E-state index in [1.54, 1.807) is 30.1 Å². The predicted molar refractivity (Wildman–Crippen MR) is 129 cm³/mol. The summed E-state index contributed by atoms with van der Waals surface area (Å²) in [6.45, 7) is 5.56. The van der Waals surface area contributed by atoms with E-state index in [9.17, 15) is 19.8 Å². The molecule has 3 N–H and O–H groups in total. The third kappa shape index (κ3) is 5.15. The zero-order chi connectivity index (χ0) is 23.8. The number of furan rings is 1. The van der Waals surface area contributed by atoms with Crippen LogP contribution in [0.5, 0.6) is 0 Å². The molecule has 33 heavy (non-hydrogen) atoms. The van der Waals surface area contributed by atoms with Crippen molar-refractivity contribution in [1.29, 1.82) is 0 Å². The van der Waals surface area contributed by atoms with Crippen LogP contribution >= 0.6 is 11.9 Å². The molecular weight excluding hydrogens is 445 g/mol. The molecule has 0 unspecified atom stereocenters. The molecule has 4 rings (SSSR count). The molecule has 1 amide bonds. The van der Waals surface area contributed by atoms with E-state index in [2.05, 4.69) is 25.8 Å². The van der Waals surface area contributed by atoms with E-state index in [1.165, 1.54) is 19.3 Å². The average molecular weight is 471 g/mol. The maximum Gasteiger partial charge on any atom is 0.265 e. The predicted octanol–water partition coefficient (Wildman–Crippen LogP) is 0.196. The topological polar surface area (TPSA) is 124 Å². The molecule has 0 bridgehead atoms. The summed E-state index contributed by atoms with van der Waals surface area (Å²) in [5.41, 5.74) is 0.857. The Morgan fingerprint density at radius 2 is 2.03 bits per heavy atom. The van der Waals surface area contributed by atoms with Crippen molar-refractivity contribution in [2.45, 2.75) is 19.3 Å². The molecule has 1 fully saturated rings. The Morgan fingerprint density at radius 1 is 1.30 bits per heavy atom. The number of rotatable bonds is 6. The van der Waals surface area contributed by atoms with Gasteiger partial charge in [0.2, 0.25) is 19.6 Å². The molecule has 0 saturated carbocycles. The van der Waals surface area contributed by atoms with Gasteiger partial charge in [0.25, 0.3) is 5.56 Å². The number of nitrogens with one attached hydrogen (secondary N) is 1. The summed E-state index contributed by atoms with van der Waals surface area (Å²) < 4.78 is 9.29. The van der Waals surface area contributed by atoms with Gasteiger partial charge in [-0.3, -0.25) is 19.1 Å². The number of pyridine rings is 2. The monoisotopic (exact) mass is 471 g/mol. The highest BCUT2D eigenvalue weighted by atomic mass is 32.2. The molecule has 0 spiro atoms. The van der Waals surface area contributed by atoms with Crippen molar-refractivity contribution < 1.29 is 19.4 Å². The molecule has 174 valence electrons. The number of aromatic nitrogens is 2. The second-order valence-corrected chi connectivity index (χ2v) is 9.02. The maximum absolute atomic E-state index is 13.0. The lowest BCUT2D eigenvalue weighted by Gasteiger charge is -2.32. The normalized spacial score (nSPS) is 15.8. The van der Waals surface area contributed by atoms with Crippen molar-refractivity contribution in [3.8, 4) is 11.1 Å². The van der Waals surface area contributed by atoms with Crippen molar-refractivity contribution in [3.05, 3.63) is 46.7 Å². The molecule has 0 radical (unpaired) electrons. The lowest BCUT2D eigenvalue weighted by atomic mass is 10.0. The molecule has 12 heteroatoms. The number of hydrogen-bond donors (Lipinski definition) is 3. The van der Waals surface area contributed by atoms with Gasteiger partial charge in [-0.15, -0.1) is 0 Å². The van der Waals surface area contributed by atoms with E-state index in [1.807, 2.05) is 0 Å². The smallest absolute Gasteiger partial charge is 0.265 e. The molecule has 3 aromatic heterocycles. The first-order valence-electron chi connectivity index (χ1n) is 10.5. The molecule has 4 heterocycles. The van der Waals surface area contributed by atoms with Gasteiger partial charge in [-0.25, -0.2) is 9.29 Å². The van der Waals surface area contributed by atoms with Crippen LogP contribution < -0.4 is 10.9 Å². The first-order valence-corrected chi connectivity index (χ1v) is 11.7. The molecule has 0 aromatic carbocycles. The number of anilines is 1. The van der Waals surface area contributed by atoms with Gasteiger partial charge in [-0.2, -0.15) is 0 Å². The Hall–Kier alpha value is -2.64. The number of piperazine rings is 1. The fraction of sp³-hybridized carbons (Fsp3) is 0.381. The second-order valence-electron chi connectivity index (χ2n) is 8.14. The molecular formula is C21H26BN5O5S. The Kier molecular flexibility index (Phi) is 6.64. The number of nitrogens with zero attached hydrogens (tertiary/aromatic N) is 4. The summed E-state index contributed by atoms with van der Waals surface area (Å²) in [7, 11) is 1.12. The number of carbonyl (C=O) groups is 1. The molecule has 1 aliphatic heterocycles. The van der Waals surface area contributed by atoms with Crippen LogP contribution in [0.4, 0.5) is 5.82 Å². The third-order valence-corrected chi connectivity index (χ3v) is 6.42. The zero-order valence-corrected chi connectivity index (χ0v) is 19.6. The molecule has 1 saturated heterocycles. The van der Waals surface area contributed by atoms with Crippen molar-refractivity contribution >= 4 is 42.5 Å². The summed E-state index contributed by atoms with van der Waals surface area (Å²) in [6.07, 6.45) is 4.93. The Bertz CT molecular complexity index is 1230. The summed E-state index contributed by atoms with van der Waals surface area (Å²) >= 11 is 1.73. The summed E-state index contributed by atoms with van der Waals surface area (Å²) in [6, 6.07) is 5.01. The average Bonchev–Trinajstić information content (AvgIpc) is 3.17. The van der Waals surface area contributed by atoms with E-state index >= 15 is 0 Å². The highest BCUT2D eigenvalue weighted by Crippen LogP contribution is 2.31. The SMILES string of the molecule is BC(O)(O)n1cc(-c2ccnc(NC(C)=O)c2)c2oc(CN3CCN(SC)CC3)cc2c1=O. The summed E-state index contributed by atoms with van der Waals surface area (Å²) in [4.78, 5) is 30.9. The lowest BCUT2D eigenvalue weighted by Crippen LogP contribution is -2.42. The zero-order valence-electron chi connectivity index (χ0n) is 18.7. The fourth-order valence-electron chi connectivity index (χ4n) is 3.91. The van der Waals surface area contributed by atoms with Crippen LogP contribution in [0.1, 0.15) is 12.7 Å². The number of aliphatic hydroxyl groups is 2. The van der Waals surface area contributed by atoms with Crippen molar-refractivity contribution in [3.63, 3.8) is 0 Å². The fourth-order valence-corrected chi connectivity index (χ4v) is 4.44. The minimum absolute atomic E-state index is 0.248. The van der Waals surface area contributed by atoms with Crippen LogP contribution in [0.15, 0.2) is 39.8 Å². The minimum Gasteiger partial charge on any atom is -0.459 e. The van der Waals surface area contributed by atoms with Crippen molar-refractivity contribution in [2.75, 3.05) is 37.8 Å². The minimum atomic E-state index is -2.40.